The van der Waals surface area contributed by atoms with Crippen LogP contribution < -0.4 is 14.4 Å². The fraction of sp³-hybridized carbons (Fsp3) is 0.129. The summed E-state index contributed by atoms with van der Waals surface area (Å²) in [5, 5.41) is 11.3. The molecule has 7 nitrogen and oxygen atoms in total. The van der Waals surface area contributed by atoms with Crippen LogP contribution >= 0.6 is 0 Å². The van der Waals surface area contributed by atoms with Gasteiger partial charge in [0.1, 0.15) is 23.0 Å². The molecule has 38 heavy (non-hydrogen) atoms. The lowest BCUT2D eigenvalue weighted by Gasteiger charge is -2.25. The Hall–Kier alpha value is -4.91. The molecule has 4 aromatic rings. The highest BCUT2D eigenvalue weighted by Gasteiger charge is 2.47. The number of nitrogens with zero attached hydrogens (tertiary/aromatic N) is 2. The van der Waals surface area contributed by atoms with Gasteiger partial charge in [0.2, 0.25) is 0 Å². The number of carbonyl (C=O) groups is 2. The number of aliphatic hydroxyl groups is 1. The van der Waals surface area contributed by atoms with E-state index in [1.54, 1.807) is 74.1 Å². The topological polar surface area (TPSA) is 89.0 Å². The number of ether oxygens (including phenoxy) is 2. The van der Waals surface area contributed by atoms with Crippen LogP contribution in [-0.2, 0) is 9.59 Å². The van der Waals surface area contributed by atoms with Crippen molar-refractivity contribution in [2.24, 2.45) is 0 Å². The monoisotopic (exact) mass is 506 g/mol. The summed E-state index contributed by atoms with van der Waals surface area (Å²) in [4.78, 5) is 32.3. The fourth-order valence-electron chi connectivity index (χ4n) is 4.62. The van der Waals surface area contributed by atoms with Crippen molar-refractivity contribution in [3.05, 3.63) is 119 Å². The second-order valence-electron chi connectivity index (χ2n) is 9.05. The molecular formula is C31H26N2O5. The van der Waals surface area contributed by atoms with Crippen molar-refractivity contribution in [1.29, 1.82) is 0 Å². The summed E-state index contributed by atoms with van der Waals surface area (Å²) in [6.07, 6.45) is 3.20. The first-order valence-corrected chi connectivity index (χ1v) is 12.1. The number of benzene rings is 3. The molecule has 0 radical (unpaired) electrons. The maximum atomic E-state index is 13.4. The standard InChI is InChI=1S/C31H26N2O5/c1-19-6-4-8-25(16-19)38-24-12-10-23(11-13-24)33-28(22-7-5-15-32-18-22)27(30(35)31(33)36)29(34)21-9-14-26(37-3)20(2)17-21/h4-18,28,34H,1-3H3/b29-27-. The number of aryl methyl sites for hydroxylation is 2. The van der Waals surface area contributed by atoms with Crippen molar-refractivity contribution in [2.45, 2.75) is 19.9 Å². The van der Waals surface area contributed by atoms with Crippen LogP contribution in [-0.4, -0.2) is 28.9 Å². The first-order chi connectivity index (χ1) is 18.4. The first kappa shape index (κ1) is 24.8. The second-order valence-corrected chi connectivity index (χ2v) is 9.05. The van der Waals surface area contributed by atoms with Crippen LogP contribution in [0.3, 0.4) is 0 Å². The molecule has 1 N–H and O–H groups in total. The number of aliphatic hydroxyl groups excluding tert-OH is 1. The quantitative estimate of drug-likeness (QED) is 0.192. The molecule has 0 bridgehead atoms. The molecule has 1 saturated heterocycles. The molecule has 0 saturated carbocycles. The van der Waals surface area contributed by atoms with Crippen LogP contribution in [0.2, 0.25) is 0 Å². The van der Waals surface area contributed by atoms with E-state index in [1.807, 2.05) is 38.1 Å². The molecule has 1 amide bonds. The maximum absolute atomic E-state index is 13.4. The normalized spacial score (nSPS) is 16.5. The van der Waals surface area contributed by atoms with Crippen LogP contribution in [0.15, 0.2) is 96.8 Å². The van der Waals surface area contributed by atoms with E-state index in [2.05, 4.69) is 4.98 Å². The molecular weight excluding hydrogens is 480 g/mol. The lowest BCUT2D eigenvalue weighted by atomic mass is 9.95. The van der Waals surface area contributed by atoms with E-state index in [0.717, 1.165) is 11.1 Å². The Bertz CT molecular complexity index is 1540. The maximum Gasteiger partial charge on any atom is 0.300 e. The van der Waals surface area contributed by atoms with Crippen LogP contribution in [0, 0.1) is 13.8 Å². The van der Waals surface area contributed by atoms with Gasteiger partial charge in [-0.15, -0.1) is 0 Å². The average molecular weight is 507 g/mol. The average Bonchev–Trinajstić information content (AvgIpc) is 3.19. The van der Waals surface area contributed by atoms with Crippen molar-refractivity contribution in [1.82, 2.24) is 4.98 Å². The zero-order valence-corrected chi connectivity index (χ0v) is 21.2. The van der Waals surface area contributed by atoms with Gasteiger partial charge in [-0.05, 0) is 91.2 Å². The number of carbonyl (C=O) groups excluding carboxylic acids is 2. The number of anilines is 1. The van der Waals surface area contributed by atoms with Gasteiger partial charge in [-0.1, -0.05) is 18.2 Å². The van der Waals surface area contributed by atoms with Crippen LogP contribution in [0.1, 0.15) is 28.3 Å². The van der Waals surface area contributed by atoms with Crippen molar-refractivity contribution in [3.8, 4) is 17.2 Å². The molecule has 1 aliphatic rings. The predicted octanol–water partition coefficient (Wildman–Crippen LogP) is 6.13. The largest absolute Gasteiger partial charge is 0.507 e. The van der Waals surface area contributed by atoms with Gasteiger partial charge in [0.25, 0.3) is 11.7 Å². The summed E-state index contributed by atoms with van der Waals surface area (Å²) < 4.78 is 11.3. The lowest BCUT2D eigenvalue weighted by molar-refractivity contribution is -0.132. The van der Waals surface area contributed by atoms with Gasteiger partial charge in [-0.25, -0.2) is 0 Å². The molecule has 3 aromatic carbocycles. The minimum atomic E-state index is -0.866. The Morgan fingerprint density at radius 1 is 0.921 bits per heavy atom. The summed E-state index contributed by atoms with van der Waals surface area (Å²) in [7, 11) is 1.56. The summed E-state index contributed by atoms with van der Waals surface area (Å²) in [6, 6.07) is 22.3. The third kappa shape index (κ3) is 4.62. The van der Waals surface area contributed by atoms with Gasteiger partial charge < -0.3 is 14.6 Å². The molecule has 5 rings (SSSR count). The van der Waals surface area contributed by atoms with Gasteiger partial charge in [0.15, 0.2) is 0 Å². The number of ketones is 1. The Kier molecular flexibility index (Phi) is 6.66. The SMILES string of the molecule is COc1ccc(/C(O)=C2/C(=O)C(=O)N(c3ccc(Oc4cccc(C)c4)cc3)C2c2cccnc2)cc1C. The lowest BCUT2D eigenvalue weighted by Crippen LogP contribution is -2.29. The van der Waals surface area contributed by atoms with Crippen LogP contribution in [0.4, 0.5) is 5.69 Å². The Morgan fingerprint density at radius 3 is 2.37 bits per heavy atom. The molecule has 2 heterocycles. The zero-order valence-electron chi connectivity index (χ0n) is 21.2. The van der Waals surface area contributed by atoms with Gasteiger partial charge in [-0.2, -0.15) is 0 Å². The predicted molar refractivity (Wildman–Crippen MR) is 144 cm³/mol. The molecule has 190 valence electrons. The summed E-state index contributed by atoms with van der Waals surface area (Å²) in [5.74, 6) is 0.164. The minimum Gasteiger partial charge on any atom is -0.507 e. The summed E-state index contributed by atoms with van der Waals surface area (Å²) >= 11 is 0. The highest BCUT2D eigenvalue weighted by molar-refractivity contribution is 6.51. The third-order valence-corrected chi connectivity index (χ3v) is 6.45. The number of aromatic nitrogens is 1. The molecule has 7 heteroatoms. The highest BCUT2D eigenvalue weighted by atomic mass is 16.5. The van der Waals surface area contributed by atoms with Gasteiger partial charge >= 0.3 is 0 Å². The van der Waals surface area contributed by atoms with E-state index in [1.165, 1.54) is 4.90 Å². The number of Topliss-reactive ketones (excluding diaryl/α,β-unsaturated/α-hetero) is 1. The number of pyridine rings is 1. The van der Waals surface area contributed by atoms with Gasteiger partial charge in [0.05, 0.1) is 18.7 Å². The summed E-state index contributed by atoms with van der Waals surface area (Å²) in [6.45, 7) is 3.82. The van der Waals surface area contributed by atoms with E-state index in [4.69, 9.17) is 9.47 Å². The van der Waals surface area contributed by atoms with E-state index >= 15 is 0 Å². The number of hydrogen-bond donors (Lipinski definition) is 1. The second kappa shape index (κ2) is 10.2. The van der Waals surface area contributed by atoms with E-state index in [-0.39, 0.29) is 11.3 Å². The molecule has 1 aromatic heterocycles. The molecule has 1 unspecified atom stereocenters. The number of methoxy groups -OCH3 is 1. The van der Waals surface area contributed by atoms with Crippen LogP contribution in [0.5, 0.6) is 17.2 Å². The Morgan fingerprint density at radius 2 is 1.71 bits per heavy atom. The van der Waals surface area contributed by atoms with Gasteiger partial charge in [0, 0.05) is 23.6 Å². The fourth-order valence-corrected chi connectivity index (χ4v) is 4.62. The molecule has 1 fully saturated rings. The highest BCUT2D eigenvalue weighted by Crippen LogP contribution is 2.42. The number of hydrogen-bond acceptors (Lipinski definition) is 6. The number of amides is 1. The Labute approximate surface area is 220 Å². The third-order valence-electron chi connectivity index (χ3n) is 6.45. The van der Waals surface area contributed by atoms with E-state index < -0.39 is 17.7 Å². The van der Waals surface area contributed by atoms with Gasteiger partial charge in [-0.3, -0.25) is 19.5 Å². The van der Waals surface area contributed by atoms with E-state index in [9.17, 15) is 14.7 Å². The smallest absolute Gasteiger partial charge is 0.300 e. The molecule has 0 aliphatic carbocycles. The van der Waals surface area contributed by atoms with Crippen molar-refractivity contribution >= 4 is 23.1 Å². The van der Waals surface area contributed by atoms with Crippen LogP contribution in [0.25, 0.3) is 5.76 Å². The molecule has 0 spiro atoms. The van der Waals surface area contributed by atoms with E-state index in [0.29, 0.717) is 34.1 Å². The van der Waals surface area contributed by atoms with Crippen molar-refractivity contribution < 1.29 is 24.2 Å². The summed E-state index contributed by atoms with van der Waals surface area (Å²) in [5.41, 5.74) is 3.35. The molecule has 1 aliphatic heterocycles. The Balaban J connectivity index is 1.57. The van der Waals surface area contributed by atoms with Crippen molar-refractivity contribution in [2.75, 3.05) is 12.0 Å². The minimum absolute atomic E-state index is 0.00680. The zero-order chi connectivity index (χ0) is 26.8. The molecule has 1 atom stereocenters. The first-order valence-electron chi connectivity index (χ1n) is 12.1. The number of rotatable bonds is 6. The van der Waals surface area contributed by atoms with Crippen molar-refractivity contribution in [3.63, 3.8) is 0 Å².